The van der Waals surface area contributed by atoms with Crippen molar-refractivity contribution < 1.29 is 0 Å². The van der Waals surface area contributed by atoms with E-state index in [-0.39, 0.29) is 0 Å². The van der Waals surface area contributed by atoms with Crippen LogP contribution in [0.5, 0.6) is 0 Å². The van der Waals surface area contributed by atoms with Gasteiger partial charge < -0.3 is 4.90 Å². The van der Waals surface area contributed by atoms with Crippen LogP contribution in [0.4, 0.5) is 17.1 Å². The van der Waals surface area contributed by atoms with E-state index in [4.69, 9.17) is 4.98 Å². The Balaban J connectivity index is 1.29. The lowest BCUT2D eigenvalue weighted by Crippen LogP contribution is -2.09. The summed E-state index contributed by atoms with van der Waals surface area (Å²) in [5, 5.41) is 1.05. The molecular weight excluding hydrogens is 504 g/mol. The van der Waals surface area contributed by atoms with Gasteiger partial charge in [-0.05, 0) is 59.2 Å². The van der Waals surface area contributed by atoms with E-state index in [1.165, 1.54) is 27.0 Å². The zero-order valence-electron chi connectivity index (χ0n) is 21.8. The second-order valence-electron chi connectivity index (χ2n) is 9.67. The van der Waals surface area contributed by atoms with Crippen molar-refractivity contribution in [3.63, 3.8) is 0 Å². The molecule has 0 N–H and O–H groups in total. The molecule has 0 saturated carbocycles. The van der Waals surface area contributed by atoms with Crippen LogP contribution in [0, 0.1) is 0 Å². The highest BCUT2D eigenvalue weighted by molar-refractivity contribution is 7.22. The molecule has 0 fully saturated rings. The summed E-state index contributed by atoms with van der Waals surface area (Å²) in [6, 6.07) is 55.6. The molecule has 40 heavy (non-hydrogen) atoms. The second-order valence-corrected chi connectivity index (χ2v) is 10.7. The Hall–Kier alpha value is -4.99. The lowest BCUT2D eigenvalue weighted by Gasteiger charge is -2.26. The zero-order valence-corrected chi connectivity index (χ0v) is 22.6. The molecule has 0 bridgehead atoms. The third kappa shape index (κ3) is 4.68. The van der Waals surface area contributed by atoms with Crippen LogP contribution < -0.4 is 4.90 Å². The molecule has 0 aliphatic rings. The number of para-hydroxylation sites is 1. The highest BCUT2D eigenvalue weighted by Crippen LogP contribution is 2.40. The summed E-state index contributed by atoms with van der Waals surface area (Å²) < 4.78 is 1.21. The standard InChI is InChI=1S/C37H26N2S/c1-4-12-27(13-5-1)30-16-10-19-33(26-30)39(31-17-8-3-9-18-31)32-24-22-28(23-25-32)34-20-11-21-35-36(34)40-37(38-35)29-14-6-2-7-15-29/h1-26H. The van der Waals surface area contributed by atoms with E-state index in [1.807, 2.05) is 6.07 Å². The van der Waals surface area contributed by atoms with Crippen LogP contribution in [0.2, 0.25) is 0 Å². The first-order valence-electron chi connectivity index (χ1n) is 13.4. The molecule has 2 nitrogen and oxygen atoms in total. The zero-order chi connectivity index (χ0) is 26.7. The van der Waals surface area contributed by atoms with Gasteiger partial charge in [-0.15, -0.1) is 11.3 Å². The SMILES string of the molecule is c1ccc(-c2cccc(N(c3ccccc3)c3ccc(-c4cccc5nc(-c6ccccc6)sc45)cc3)c2)cc1. The highest BCUT2D eigenvalue weighted by atomic mass is 32.1. The van der Waals surface area contributed by atoms with Gasteiger partial charge in [0.05, 0.1) is 10.2 Å². The monoisotopic (exact) mass is 530 g/mol. The van der Waals surface area contributed by atoms with Crippen LogP contribution in [0.25, 0.3) is 43.0 Å². The van der Waals surface area contributed by atoms with Crippen LogP contribution in [-0.2, 0) is 0 Å². The number of rotatable bonds is 6. The quantitative estimate of drug-likeness (QED) is 0.213. The molecule has 0 unspecified atom stereocenters. The first kappa shape index (κ1) is 24.1. The molecule has 0 atom stereocenters. The van der Waals surface area contributed by atoms with Crippen molar-refractivity contribution in [1.29, 1.82) is 0 Å². The van der Waals surface area contributed by atoms with Gasteiger partial charge in [0.2, 0.25) is 0 Å². The third-order valence-electron chi connectivity index (χ3n) is 7.10. The van der Waals surface area contributed by atoms with Gasteiger partial charge in [-0.1, -0.05) is 115 Å². The van der Waals surface area contributed by atoms with Crippen molar-refractivity contribution in [2.75, 3.05) is 4.90 Å². The Bertz CT molecular complexity index is 1880. The van der Waals surface area contributed by atoms with Gasteiger partial charge in [0.15, 0.2) is 0 Å². The molecule has 190 valence electrons. The number of hydrogen-bond donors (Lipinski definition) is 0. The third-order valence-corrected chi connectivity index (χ3v) is 8.25. The van der Waals surface area contributed by atoms with Crippen molar-refractivity contribution in [2.45, 2.75) is 0 Å². The minimum atomic E-state index is 1.04. The van der Waals surface area contributed by atoms with Crippen molar-refractivity contribution in [3.05, 3.63) is 158 Å². The van der Waals surface area contributed by atoms with Crippen molar-refractivity contribution >= 4 is 38.6 Å². The molecule has 7 rings (SSSR count). The van der Waals surface area contributed by atoms with Crippen LogP contribution in [-0.4, -0.2) is 4.98 Å². The van der Waals surface area contributed by atoms with Gasteiger partial charge in [0.1, 0.15) is 5.01 Å². The molecule has 7 aromatic rings. The normalized spacial score (nSPS) is 11.0. The van der Waals surface area contributed by atoms with Crippen molar-refractivity contribution in [2.24, 2.45) is 0 Å². The maximum Gasteiger partial charge on any atom is 0.124 e. The molecule has 0 amide bonds. The van der Waals surface area contributed by atoms with Crippen LogP contribution >= 0.6 is 11.3 Å². The number of fused-ring (bicyclic) bond motifs is 1. The van der Waals surface area contributed by atoms with E-state index in [0.29, 0.717) is 0 Å². The molecule has 3 heteroatoms. The van der Waals surface area contributed by atoms with Gasteiger partial charge in [-0.2, -0.15) is 0 Å². The Morgan fingerprint density at radius 3 is 1.73 bits per heavy atom. The molecule has 1 aromatic heterocycles. The summed E-state index contributed by atoms with van der Waals surface area (Å²) in [6.07, 6.45) is 0. The summed E-state index contributed by atoms with van der Waals surface area (Å²) in [7, 11) is 0. The molecule has 0 spiro atoms. The Morgan fingerprint density at radius 1 is 0.425 bits per heavy atom. The number of aromatic nitrogens is 1. The molecule has 1 heterocycles. The maximum absolute atomic E-state index is 4.94. The van der Waals surface area contributed by atoms with Gasteiger partial charge in [-0.25, -0.2) is 4.98 Å². The summed E-state index contributed by atoms with van der Waals surface area (Å²) in [5.41, 5.74) is 10.3. The fourth-order valence-electron chi connectivity index (χ4n) is 5.15. The second kappa shape index (κ2) is 10.6. The largest absolute Gasteiger partial charge is 0.310 e. The summed E-state index contributed by atoms with van der Waals surface area (Å²) in [4.78, 5) is 7.25. The molecule has 0 radical (unpaired) electrons. The van der Waals surface area contributed by atoms with E-state index < -0.39 is 0 Å². The number of thiazole rings is 1. The predicted molar refractivity (Wildman–Crippen MR) is 171 cm³/mol. The molecule has 6 aromatic carbocycles. The number of nitrogens with zero attached hydrogens (tertiary/aromatic N) is 2. The van der Waals surface area contributed by atoms with Gasteiger partial charge >= 0.3 is 0 Å². The maximum atomic E-state index is 4.94. The van der Waals surface area contributed by atoms with E-state index in [1.54, 1.807) is 11.3 Å². The number of hydrogen-bond acceptors (Lipinski definition) is 3. The topological polar surface area (TPSA) is 16.1 Å². The molecular formula is C37H26N2S. The van der Waals surface area contributed by atoms with Crippen LogP contribution in [0.15, 0.2) is 158 Å². The van der Waals surface area contributed by atoms with E-state index in [9.17, 15) is 0 Å². The Kier molecular flexibility index (Phi) is 6.41. The summed E-state index contributed by atoms with van der Waals surface area (Å²) in [6.45, 7) is 0. The minimum Gasteiger partial charge on any atom is -0.310 e. The van der Waals surface area contributed by atoms with Crippen LogP contribution in [0.1, 0.15) is 0 Å². The smallest absolute Gasteiger partial charge is 0.124 e. The average Bonchev–Trinajstić information content (AvgIpc) is 3.48. The summed E-state index contributed by atoms with van der Waals surface area (Å²) >= 11 is 1.75. The predicted octanol–water partition coefficient (Wildman–Crippen LogP) is 10.8. The van der Waals surface area contributed by atoms with Crippen LogP contribution in [0.3, 0.4) is 0 Å². The number of anilines is 3. The fraction of sp³-hybridized carbons (Fsp3) is 0. The van der Waals surface area contributed by atoms with Gasteiger partial charge in [0, 0.05) is 28.2 Å². The minimum absolute atomic E-state index is 1.04. The Morgan fingerprint density at radius 2 is 1.00 bits per heavy atom. The van der Waals surface area contributed by atoms with Gasteiger partial charge in [0.25, 0.3) is 0 Å². The highest BCUT2D eigenvalue weighted by Gasteiger charge is 2.15. The molecule has 0 aliphatic heterocycles. The molecule has 0 aliphatic carbocycles. The lowest BCUT2D eigenvalue weighted by atomic mass is 10.0. The van der Waals surface area contributed by atoms with Crippen molar-refractivity contribution in [1.82, 2.24) is 4.98 Å². The summed E-state index contributed by atoms with van der Waals surface area (Å²) in [5.74, 6) is 0. The lowest BCUT2D eigenvalue weighted by molar-refractivity contribution is 1.28. The van der Waals surface area contributed by atoms with Crippen molar-refractivity contribution in [3.8, 4) is 32.8 Å². The van der Waals surface area contributed by atoms with E-state index in [2.05, 4.69) is 157 Å². The van der Waals surface area contributed by atoms with E-state index in [0.717, 1.165) is 33.1 Å². The first-order valence-corrected chi connectivity index (χ1v) is 14.2. The fourth-order valence-corrected chi connectivity index (χ4v) is 6.26. The Labute approximate surface area is 238 Å². The first-order chi connectivity index (χ1) is 19.8. The van der Waals surface area contributed by atoms with Gasteiger partial charge in [-0.3, -0.25) is 0 Å². The number of benzene rings is 6. The van der Waals surface area contributed by atoms with E-state index >= 15 is 0 Å². The average molecular weight is 531 g/mol. The molecule has 0 saturated heterocycles.